The van der Waals surface area contributed by atoms with Crippen LogP contribution in [0.25, 0.3) is 0 Å². The minimum absolute atomic E-state index is 0.0935. The number of hydrogen-bond donors (Lipinski definition) is 2. The normalized spacial score (nSPS) is 10.7. The number of likely N-dealkylation sites (N-methyl/N-ethyl adjacent to an activating group) is 1. The molecule has 0 bridgehead atoms. The highest BCUT2D eigenvalue weighted by Gasteiger charge is 2.03. The van der Waals surface area contributed by atoms with Crippen LogP contribution in [0.3, 0.4) is 0 Å². The number of anilines is 1. The van der Waals surface area contributed by atoms with E-state index in [-0.39, 0.29) is 5.91 Å². The Morgan fingerprint density at radius 3 is 2.72 bits per heavy atom. The highest BCUT2D eigenvalue weighted by Crippen LogP contribution is 2.14. The van der Waals surface area contributed by atoms with E-state index in [9.17, 15) is 4.79 Å². The van der Waals surface area contributed by atoms with Crippen molar-refractivity contribution in [2.75, 3.05) is 32.9 Å². The van der Waals surface area contributed by atoms with Crippen LogP contribution < -0.4 is 11.1 Å². The predicted octanol–water partition coefficient (Wildman–Crippen LogP) is 1.19. The number of nitrogens with one attached hydrogen (secondary N) is 1. The fraction of sp³-hybridized carbons (Fsp3) is 0.500. The first-order valence-corrected chi connectivity index (χ1v) is 6.25. The first-order valence-electron chi connectivity index (χ1n) is 6.25. The smallest absolute Gasteiger partial charge is 0.220 e. The molecule has 0 aromatic heterocycles. The van der Waals surface area contributed by atoms with Crippen LogP contribution in [0.15, 0.2) is 18.2 Å². The molecule has 4 heteroatoms. The van der Waals surface area contributed by atoms with Crippen LogP contribution in [0.2, 0.25) is 0 Å². The largest absolute Gasteiger partial charge is 0.399 e. The van der Waals surface area contributed by atoms with Crippen molar-refractivity contribution in [3.05, 3.63) is 29.3 Å². The van der Waals surface area contributed by atoms with Crippen LogP contribution >= 0.6 is 0 Å². The van der Waals surface area contributed by atoms with Gasteiger partial charge in [-0.3, -0.25) is 4.79 Å². The summed E-state index contributed by atoms with van der Waals surface area (Å²) in [6.07, 6.45) is 1.24. The van der Waals surface area contributed by atoms with Crippen molar-refractivity contribution in [2.24, 2.45) is 0 Å². The molecule has 1 rings (SSSR count). The van der Waals surface area contributed by atoms with E-state index in [1.807, 2.05) is 44.1 Å². The van der Waals surface area contributed by atoms with Gasteiger partial charge in [-0.25, -0.2) is 0 Å². The maximum atomic E-state index is 11.6. The first kappa shape index (κ1) is 14.5. The van der Waals surface area contributed by atoms with E-state index < -0.39 is 0 Å². The molecule has 1 aromatic rings. The van der Waals surface area contributed by atoms with Gasteiger partial charge in [-0.1, -0.05) is 12.1 Å². The fourth-order valence-electron chi connectivity index (χ4n) is 1.61. The summed E-state index contributed by atoms with van der Waals surface area (Å²) in [5.74, 6) is 0.0935. The van der Waals surface area contributed by atoms with Crippen molar-refractivity contribution < 1.29 is 4.79 Å². The number of benzene rings is 1. The third-order valence-corrected chi connectivity index (χ3v) is 2.87. The lowest BCUT2D eigenvalue weighted by molar-refractivity contribution is -0.121. The number of nitrogens with two attached hydrogens (primary N) is 1. The molecule has 0 radical (unpaired) electrons. The molecule has 0 saturated heterocycles. The van der Waals surface area contributed by atoms with Crippen molar-refractivity contribution in [2.45, 2.75) is 19.8 Å². The summed E-state index contributed by atoms with van der Waals surface area (Å²) in [7, 11) is 3.97. The first-order chi connectivity index (χ1) is 8.49. The lowest BCUT2D eigenvalue weighted by atomic mass is 10.1. The molecule has 4 nitrogen and oxygen atoms in total. The highest BCUT2D eigenvalue weighted by molar-refractivity contribution is 5.76. The number of hydrogen-bond acceptors (Lipinski definition) is 3. The van der Waals surface area contributed by atoms with E-state index in [0.717, 1.165) is 29.8 Å². The van der Waals surface area contributed by atoms with Gasteiger partial charge in [-0.2, -0.15) is 0 Å². The molecular formula is C14H23N3O. The van der Waals surface area contributed by atoms with Crippen molar-refractivity contribution in [3.8, 4) is 0 Å². The maximum Gasteiger partial charge on any atom is 0.220 e. The maximum absolute atomic E-state index is 11.6. The van der Waals surface area contributed by atoms with Crippen molar-refractivity contribution >= 4 is 11.6 Å². The van der Waals surface area contributed by atoms with E-state index in [4.69, 9.17) is 5.73 Å². The molecule has 0 atom stereocenters. The molecule has 1 amide bonds. The lowest BCUT2D eigenvalue weighted by Gasteiger charge is -2.10. The molecule has 1 aromatic carbocycles. The Bertz CT molecular complexity index is 402. The Morgan fingerprint density at radius 2 is 2.11 bits per heavy atom. The van der Waals surface area contributed by atoms with Gasteiger partial charge in [-0.05, 0) is 44.6 Å². The van der Waals surface area contributed by atoms with Gasteiger partial charge in [0.25, 0.3) is 0 Å². The number of carbonyl (C=O) groups excluding carboxylic acids is 1. The zero-order valence-corrected chi connectivity index (χ0v) is 11.5. The highest BCUT2D eigenvalue weighted by atomic mass is 16.1. The average Bonchev–Trinajstić information content (AvgIpc) is 2.30. The SMILES string of the molecule is Cc1ccc(CCC(=O)NCCN(C)C)cc1N. The lowest BCUT2D eigenvalue weighted by Crippen LogP contribution is -2.31. The van der Waals surface area contributed by atoms with E-state index in [2.05, 4.69) is 5.32 Å². The van der Waals surface area contributed by atoms with Gasteiger partial charge in [0, 0.05) is 25.2 Å². The molecule has 0 heterocycles. The third kappa shape index (κ3) is 5.19. The summed E-state index contributed by atoms with van der Waals surface area (Å²) in [6, 6.07) is 5.97. The molecule has 0 spiro atoms. The number of rotatable bonds is 6. The second-order valence-corrected chi connectivity index (χ2v) is 4.84. The van der Waals surface area contributed by atoms with Gasteiger partial charge in [0.1, 0.15) is 0 Å². The van der Waals surface area contributed by atoms with Crippen molar-refractivity contribution in [1.82, 2.24) is 10.2 Å². The van der Waals surface area contributed by atoms with Crippen LogP contribution in [-0.2, 0) is 11.2 Å². The molecule has 18 heavy (non-hydrogen) atoms. The second-order valence-electron chi connectivity index (χ2n) is 4.84. The van der Waals surface area contributed by atoms with Gasteiger partial charge < -0.3 is 16.0 Å². The van der Waals surface area contributed by atoms with E-state index in [1.54, 1.807) is 0 Å². The van der Waals surface area contributed by atoms with Crippen LogP contribution in [0, 0.1) is 6.92 Å². The topological polar surface area (TPSA) is 58.4 Å². The van der Waals surface area contributed by atoms with Gasteiger partial charge in [0.15, 0.2) is 0 Å². The number of amides is 1. The summed E-state index contributed by atoms with van der Waals surface area (Å²) in [4.78, 5) is 13.6. The molecule has 0 fully saturated rings. The zero-order chi connectivity index (χ0) is 13.5. The van der Waals surface area contributed by atoms with Gasteiger partial charge >= 0.3 is 0 Å². The van der Waals surface area contributed by atoms with E-state index in [0.29, 0.717) is 13.0 Å². The van der Waals surface area contributed by atoms with Gasteiger partial charge in [-0.15, -0.1) is 0 Å². The van der Waals surface area contributed by atoms with Crippen LogP contribution in [0.5, 0.6) is 0 Å². The van der Waals surface area contributed by atoms with E-state index in [1.165, 1.54) is 0 Å². The molecule has 100 valence electrons. The molecule has 0 unspecified atom stereocenters. The molecule has 0 aliphatic heterocycles. The summed E-state index contributed by atoms with van der Waals surface area (Å²) < 4.78 is 0. The zero-order valence-electron chi connectivity index (χ0n) is 11.5. The standard InChI is InChI=1S/C14H23N3O/c1-11-4-5-12(10-13(11)15)6-7-14(18)16-8-9-17(2)3/h4-5,10H,6-9,15H2,1-3H3,(H,16,18). The molecular weight excluding hydrogens is 226 g/mol. The van der Waals surface area contributed by atoms with Crippen LogP contribution in [0.4, 0.5) is 5.69 Å². The van der Waals surface area contributed by atoms with Gasteiger partial charge in [0.05, 0.1) is 0 Å². The Balaban J connectivity index is 2.31. The minimum atomic E-state index is 0.0935. The Kier molecular flexibility index (Phi) is 5.65. The molecule has 3 N–H and O–H groups in total. The summed E-state index contributed by atoms with van der Waals surface area (Å²) in [5.41, 5.74) is 8.82. The predicted molar refractivity (Wildman–Crippen MR) is 75.5 cm³/mol. The Labute approximate surface area is 109 Å². The van der Waals surface area contributed by atoms with Crippen LogP contribution in [0.1, 0.15) is 17.5 Å². The quantitative estimate of drug-likeness (QED) is 0.745. The number of carbonyl (C=O) groups is 1. The minimum Gasteiger partial charge on any atom is -0.399 e. The average molecular weight is 249 g/mol. The third-order valence-electron chi connectivity index (χ3n) is 2.87. The second kappa shape index (κ2) is 7.01. The molecule has 0 aliphatic carbocycles. The van der Waals surface area contributed by atoms with Crippen LogP contribution in [-0.4, -0.2) is 38.0 Å². The number of nitrogens with zero attached hydrogens (tertiary/aromatic N) is 1. The number of aryl methyl sites for hydroxylation is 2. The van der Waals surface area contributed by atoms with Gasteiger partial charge in [0.2, 0.25) is 5.91 Å². The molecule has 0 saturated carbocycles. The van der Waals surface area contributed by atoms with Crippen molar-refractivity contribution in [1.29, 1.82) is 0 Å². The molecule has 0 aliphatic rings. The fourth-order valence-corrected chi connectivity index (χ4v) is 1.61. The Morgan fingerprint density at radius 1 is 1.39 bits per heavy atom. The summed E-state index contributed by atoms with van der Waals surface area (Å²) in [6.45, 7) is 3.54. The van der Waals surface area contributed by atoms with Crippen molar-refractivity contribution in [3.63, 3.8) is 0 Å². The number of nitrogen functional groups attached to an aromatic ring is 1. The Hall–Kier alpha value is -1.55. The monoisotopic (exact) mass is 249 g/mol. The van der Waals surface area contributed by atoms with E-state index >= 15 is 0 Å². The summed E-state index contributed by atoms with van der Waals surface area (Å²) >= 11 is 0. The summed E-state index contributed by atoms with van der Waals surface area (Å²) in [5, 5.41) is 2.90.